The van der Waals surface area contributed by atoms with Crippen molar-refractivity contribution < 1.29 is 9.59 Å². The Balaban J connectivity index is 1.64. The highest BCUT2D eigenvalue weighted by atomic mass is 16.2. The van der Waals surface area contributed by atoms with E-state index < -0.39 is 0 Å². The van der Waals surface area contributed by atoms with Crippen LogP contribution in [-0.2, 0) is 4.79 Å². The number of nitrogens with zero attached hydrogens (tertiary/aromatic N) is 2. The van der Waals surface area contributed by atoms with Crippen LogP contribution in [0.4, 0.5) is 4.79 Å². The molecule has 2 aliphatic rings. The number of carbonyl (C=O) groups is 2. The van der Waals surface area contributed by atoms with Crippen molar-refractivity contribution in [1.82, 2.24) is 20.4 Å². The number of hydrogen-bond acceptors (Lipinski definition) is 3. The third-order valence-electron chi connectivity index (χ3n) is 4.26. The molecule has 6 heteroatoms. The Kier molecular flexibility index (Phi) is 5.23. The second-order valence-corrected chi connectivity index (χ2v) is 5.91. The van der Waals surface area contributed by atoms with E-state index >= 15 is 0 Å². The van der Waals surface area contributed by atoms with Gasteiger partial charge in [-0.25, -0.2) is 4.79 Å². The third kappa shape index (κ3) is 3.85. The predicted molar refractivity (Wildman–Crippen MR) is 77.4 cm³/mol. The van der Waals surface area contributed by atoms with E-state index in [1.54, 1.807) is 4.90 Å². The average molecular weight is 282 g/mol. The maximum atomic E-state index is 12.1. The highest BCUT2D eigenvalue weighted by molar-refractivity contribution is 5.79. The summed E-state index contributed by atoms with van der Waals surface area (Å²) in [5.74, 6) is 0.283. The van der Waals surface area contributed by atoms with Gasteiger partial charge in [0.05, 0.1) is 0 Å². The van der Waals surface area contributed by atoms with Crippen molar-refractivity contribution in [3.8, 4) is 0 Å². The number of nitrogens with one attached hydrogen (secondary N) is 2. The first-order valence-corrected chi connectivity index (χ1v) is 7.62. The molecule has 2 aliphatic heterocycles. The van der Waals surface area contributed by atoms with Gasteiger partial charge >= 0.3 is 6.03 Å². The van der Waals surface area contributed by atoms with Gasteiger partial charge in [0.1, 0.15) is 0 Å². The van der Waals surface area contributed by atoms with Crippen molar-refractivity contribution in [3.63, 3.8) is 0 Å². The van der Waals surface area contributed by atoms with Gasteiger partial charge in [-0.15, -0.1) is 0 Å². The van der Waals surface area contributed by atoms with Crippen LogP contribution in [0.2, 0.25) is 0 Å². The predicted octanol–water partition coefficient (Wildman–Crippen LogP) is 0.248. The van der Waals surface area contributed by atoms with Crippen molar-refractivity contribution >= 4 is 11.9 Å². The van der Waals surface area contributed by atoms with Crippen molar-refractivity contribution in [2.24, 2.45) is 5.92 Å². The van der Waals surface area contributed by atoms with Crippen LogP contribution in [-0.4, -0.2) is 67.0 Å². The van der Waals surface area contributed by atoms with E-state index in [0.29, 0.717) is 25.7 Å². The Labute approximate surface area is 120 Å². The van der Waals surface area contributed by atoms with Crippen LogP contribution >= 0.6 is 0 Å². The summed E-state index contributed by atoms with van der Waals surface area (Å²) in [6, 6.07) is 0.539. The number of likely N-dealkylation sites (tertiary alicyclic amines) is 1. The topological polar surface area (TPSA) is 64.7 Å². The number of carbonyl (C=O) groups excluding carboxylic acids is 2. The molecule has 20 heavy (non-hydrogen) atoms. The second-order valence-electron chi connectivity index (χ2n) is 5.91. The fourth-order valence-electron chi connectivity index (χ4n) is 2.86. The van der Waals surface area contributed by atoms with Gasteiger partial charge in [0, 0.05) is 38.1 Å². The summed E-state index contributed by atoms with van der Waals surface area (Å²) in [4.78, 5) is 27.6. The molecular formula is C14H26N4O2. The van der Waals surface area contributed by atoms with E-state index in [4.69, 9.17) is 0 Å². The maximum absolute atomic E-state index is 12.1. The number of piperidine rings is 1. The van der Waals surface area contributed by atoms with Crippen LogP contribution in [0.5, 0.6) is 0 Å². The van der Waals surface area contributed by atoms with Crippen molar-refractivity contribution in [2.45, 2.75) is 32.7 Å². The molecule has 0 spiro atoms. The summed E-state index contributed by atoms with van der Waals surface area (Å²) in [6.07, 6.45) is 1.88. The van der Waals surface area contributed by atoms with Crippen molar-refractivity contribution in [3.05, 3.63) is 0 Å². The van der Waals surface area contributed by atoms with Crippen LogP contribution < -0.4 is 10.6 Å². The maximum Gasteiger partial charge on any atom is 0.317 e. The third-order valence-corrected chi connectivity index (χ3v) is 4.26. The van der Waals surface area contributed by atoms with E-state index in [1.165, 1.54) is 0 Å². The second kappa shape index (κ2) is 6.92. The molecule has 2 N–H and O–H groups in total. The summed E-state index contributed by atoms with van der Waals surface area (Å²) in [5.41, 5.74) is 0. The highest BCUT2D eigenvalue weighted by Gasteiger charge is 2.26. The van der Waals surface area contributed by atoms with Crippen LogP contribution in [0, 0.1) is 5.92 Å². The Hall–Kier alpha value is -1.30. The molecule has 0 unspecified atom stereocenters. The summed E-state index contributed by atoms with van der Waals surface area (Å²) >= 11 is 0. The Morgan fingerprint density at radius 2 is 2.05 bits per heavy atom. The van der Waals surface area contributed by atoms with Gasteiger partial charge in [0.25, 0.3) is 0 Å². The summed E-state index contributed by atoms with van der Waals surface area (Å²) in [5, 5.41) is 5.72. The lowest BCUT2D eigenvalue weighted by Crippen LogP contribution is -2.44. The highest BCUT2D eigenvalue weighted by Crippen LogP contribution is 2.18. The van der Waals surface area contributed by atoms with Crippen LogP contribution in [0.15, 0.2) is 0 Å². The quantitative estimate of drug-likeness (QED) is 0.759. The van der Waals surface area contributed by atoms with E-state index in [9.17, 15) is 9.59 Å². The number of rotatable bonds is 5. The molecule has 0 bridgehead atoms. The molecule has 3 amide bonds. The first-order valence-electron chi connectivity index (χ1n) is 7.62. The van der Waals surface area contributed by atoms with Gasteiger partial charge in [0.2, 0.25) is 5.91 Å². The molecule has 2 fully saturated rings. The Morgan fingerprint density at radius 3 is 2.60 bits per heavy atom. The molecule has 2 heterocycles. The van der Waals surface area contributed by atoms with Gasteiger partial charge in [-0.05, 0) is 39.8 Å². The standard InChI is InChI=1S/C14H26N4O2/c1-11(2)17-7-3-12(4-8-17)13(19)15-5-9-18-10-6-16-14(18)20/h11-12H,3-10H2,1-2H3,(H,15,19)(H,16,20). The molecule has 0 aromatic heterocycles. The molecule has 0 saturated carbocycles. The lowest BCUT2D eigenvalue weighted by molar-refractivity contribution is -0.126. The zero-order chi connectivity index (χ0) is 14.5. The Bertz CT molecular complexity index is 351. The summed E-state index contributed by atoms with van der Waals surface area (Å²) in [7, 11) is 0. The van der Waals surface area contributed by atoms with Gasteiger partial charge in [-0.2, -0.15) is 0 Å². The lowest BCUT2D eigenvalue weighted by atomic mass is 9.95. The minimum Gasteiger partial charge on any atom is -0.354 e. The van der Waals surface area contributed by atoms with Crippen molar-refractivity contribution in [2.75, 3.05) is 39.3 Å². The smallest absolute Gasteiger partial charge is 0.317 e. The largest absolute Gasteiger partial charge is 0.354 e. The van der Waals surface area contributed by atoms with Gasteiger partial charge in [-0.1, -0.05) is 0 Å². The van der Waals surface area contributed by atoms with Gasteiger partial charge in [-0.3, -0.25) is 4.79 Å². The van der Waals surface area contributed by atoms with Crippen LogP contribution in [0.3, 0.4) is 0 Å². The fourth-order valence-corrected chi connectivity index (χ4v) is 2.86. The van der Waals surface area contributed by atoms with E-state index in [1.807, 2.05) is 0 Å². The van der Waals surface area contributed by atoms with Gasteiger partial charge in [0.15, 0.2) is 0 Å². The molecular weight excluding hydrogens is 256 g/mol. The van der Waals surface area contributed by atoms with E-state index in [-0.39, 0.29) is 17.9 Å². The molecule has 0 atom stereocenters. The van der Waals surface area contributed by atoms with Crippen molar-refractivity contribution in [1.29, 1.82) is 0 Å². The minimum atomic E-state index is -0.0236. The summed E-state index contributed by atoms with van der Waals surface area (Å²) in [6.45, 7) is 9.00. The molecule has 0 aromatic carbocycles. The van der Waals surface area contributed by atoms with E-state index in [0.717, 1.165) is 32.5 Å². The number of urea groups is 1. The molecule has 0 aromatic rings. The zero-order valence-electron chi connectivity index (χ0n) is 12.5. The molecule has 6 nitrogen and oxygen atoms in total. The first-order chi connectivity index (χ1) is 9.58. The monoisotopic (exact) mass is 282 g/mol. The van der Waals surface area contributed by atoms with Crippen LogP contribution in [0.1, 0.15) is 26.7 Å². The SMILES string of the molecule is CC(C)N1CCC(C(=O)NCCN2CCNC2=O)CC1. The molecule has 114 valence electrons. The fraction of sp³-hybridized carbons (Fsp3) is 0.857. The normalized spacial score (nSPS) is 21.4. The molecule has 2 saturated heterocycles. The summed E-state index contributed by atoms with van der Waals surface area (Å²) < 4.78 is 0. The van der Waals surface area contributed by atoms with Gasteiger partial charge < -0.3 is 20.4 Å². The zero-order valence-corrected chi connectivity index (χ0v) is 12.5. The first kappa shape index (κ1) is 15.1. The van der Waals surface area contributed by atoms with E-state index in [2.05, 4.69) is 29.4 Å². The van der Waals surface area contributed by atoms with Crippen LogP contribution in [0.25, 0.3) is 0 Å². The lowest BCUT2D eigenvalue weighted by Gasteiger charge is -2.34. The minimum absolute atomic E-state index is 0.0236. The number of hydrogen-bond donors (Lipinski definition) is 2. The molecule has 0 aliphatic carbocycles. The molecule has 2 rings (SSSR count). The average Bonchev–Trinajstić information content (AvgIpc) is 2.84. The number of amides is 3. The molecule has 0 radical (unpaired) electrons. The Morgan fingerprint density at radius 1 is 1.35 bits per heavy atom.